The molecule has 1 aliphatic carbocycles. The van der Waals surface area contributed by atoms with Crippen molar-refractivity contribution in [1.29, 1.82) is 0 Å². The second kappa shape index (κ2) is 9.75. The van der Waals surface area contributed by atoms with E-state index < -0.39 is 10.0 Å². The monoisotopic (exact) mass is 517 g/mol. The number of nitrogens with zero attached hydrogens (tertiary/aromatic N) is 6. The zero-order valence-corrected chi connectivity index (χ0v) is 21.7. The Balaban J connectivity index is 1.15. The number of hydrogen-bond donors (Lipinski definition) is 1. The van der Waals surface area contributed by atoms with E-state index in [1.165, 1.54) is 11.1 Å². The molecule has 10 heteroatoms. The average Bonchev–Trinajstić information content (AvgIpc) is 3.53. The lowest BCUT2D eigenvalue weighted by Crippen LogP contribution is -2.49. The Morgan fingerprint density at radius 3 is 2.57 bits per heavy atom. The zero-order valence-electron chi connectivity index (χ0n) is 20.9. The number of benzene rings is 2. The van der Waals surface area contributed by atoms with Crippen LogP contribution in [-0.4, -0.2) is 64.4 Å². The fourth-order valence-corrected chi connectivity index (χ4v) is 6.90. The van der Waals surface area contributed by atoms with Crippen molar-refractivity contribution in [2.45, 2.75) is 32.2 Å². The van der Waals surface area contributed by atoms with Crippen molar-refractivity contribution in [3.05, 3.63) is 72.1 Å². The normalized spacial score (nSPS) is 18.3. The summed E-state index contributed by atoms with van der Waals surface area (Å²) >= 11 is 0. The molecular weight excluding hydrogens is 486 g/mol. The van der Waals surface area contributed by atoms with E-state index in [1.54, 1.807) is 4.31 Å². The molecule has 0 bridgehead atoms. The molecule has 3 heterocycles. The molecule has 0 spiro atoms. The third-order valence-electron chi connectivity index (χ3n) is 7.31. The van der Waals surface area contributed by atoms with Gasteiger partial charge in [-0.2, -0.15) is 14.4 Å². The van der Waals surface area contributed by atoms with Gasteiger partial charge in [-0.3, -0.25) is 0 Å². The van der Waals surface area contributed by atoms with Crippen molar-refractivity contribution in [3.8, 4) is 0 Å². The van der Waals surface area contributed by atoms with E-state index in [0.29, 0.717) is 38.5 Å². The van der Waals surface area contributed by atoms with Crippen LogP contribution in [0.3, 0.4) is 0 Å². The predicted molar refractivity (Wildman–Crippen MR) is 146 cm³/mol. The van der Waals surface area contributed by atoms with E-state index in [-0.39, 0.29) is 11.8 Å². The first-order valence-corrected chi connectivity index (χ1v) is 14.5. The van der Waals surface area contributed by atoms with Crippen LogP contribution in [0.2, 0.25) is 0 Å². The molecule has 2 aliphatic rings. The van der Waals surface area contributed by atoms with Gasteiger partial charge in [0, 0.05) is 43.8 Å². The Labute approximate surface area is 217 Å². The first-order valence-electron chi connectivity index (χ1n) is 12.9. The van der Waals surface area contributed by atoms with Crippen molar-refractivity contribution >= 4 is 38.4 Å². The van der Waals surface area contributed by atoms with Crippen LogP contribution >= 0.6 is 0 Å². The largest absolute Gasteiger partial charge is 0.369 e. The highest BCUT2D eigenvalue weighted by molar-refractivity contribution is 7.89. The van der Waals surface area contributed by atoms with Gasteiger partial charge in [-0.15, -0.1) is 0 Å². The third kappa shape index (κ3) is 4.67. The van der Waals surface area contributed by atoms with Gasteiger partial charge in [-0.05, 0) is 54.7 Å². The molecule has 9 nitrogen and oxygen atoms in total. The molecule has 192 valence electrons. The molecule has 6 rings (SSSR count). The highest BCUT2D eigenvalue weighted by atomic mass is 32.2. The first kappa shape index (κ1) is 23.9. The number of anilines is 3. The van der Waals surface area contributed by atoms with E-state index in [9.17, 15) is 8.42 Å². The Kier molecular flexibility index (Phi) is 6.29. The number of piperazine rings is 1. The molecular formula is C27H31N7O2S. The SMILES string of the molecule is CCCS(=O)(=O)N1CCN(c2ccc(Nc3ncc4cnn(C5CCc6ccccc65)c4n3)cc2)CC1. The number of rotatable bonds is 7. The number of fused-ring (bicyclic) bond motifs is 2. The van der Waals surface area contributed by atoms with Crippen LogP contribution in [0.25, 0.3) is 11.0 Å². The van der Waals surface area contributed by atoms with Gasteiger partial charge in [0.1, 0.15) is 0 Å². The van der Waals surface area contributed by atoms with Crippen LogP contribution in [0, 0.1) is 0 Å². The molecule has 1 unspecified atom stereocenters. The summed E-state index contributed by atoms with van der Waals surface area (Å²) in [6.45, 7) is 4.31. The van der Waals surface area contributed by atoms with E-state index in [2.05, 4.69) is 56.7 Å². The summed E-state index contributed by atoms with van der Waals surface area (Å²) in [5.74, 6) is 0.749. The third-order valence-corrected chi connectivity index (χ3v) is 9.39. The molecule has 37 heavy (non-hydrogen) atoms. The van der Waals surface area contributed by atoms with E-state index >= 15 is 0 Å². The van der Waals surface area contributed by atoms with Gasteiger partial charge in [0.25, 0.3) is 0 Å². The molecule has 2 aromatic heterocycles. The van der Waals surface area contributed by atoms with Crippen molar-refractivity contribution in [2.24, 2.45) is 0 Å². The standard InChI is InChI=1S/C27H31N7O2S/c1-2-17-37(35,36)33-15-13-32(14-16-33)23-10-8-22(9-11-23)30-27-28-18-21-19-29-34(26(21)31-27)25-12-7-20-5-3-4-6-24(20)25/h3-6,8-11,18-19,25H,2,7,12-17H2,1H3,(H,28,30,31). The van der Waals surface area contributed by atoms with Gasteiger partial charge in [0.15, 0.2) is 5.65 Å². The van der Waals surface area contributed by atoms with Crippen molar-refractivity contribution < 1.29 is 8.42 Å². The summed E-state index contributed by atoms with van der Waals surface area (Å²) < 4.78 is 28.3. The van der Waals surface area contributed by atoms with Gasteiger partial charge in [-0.1, -0.05) is 31.2 Å². The molecule has 0 saturated carbocycles. The smallest absolute Gasteiger partial charge is 0.229 e. The second-order valence-corrected chi connectivity index (χ2v) is 11.8. The molecule has 1 N–H and O–H groups in total. The van der Waals surface area contributed by atoms with Crippen molar-refractivity contribution in [1.82, 2.24) is 24.1 Å². The first-order chi connectivity index (χ1) is 18.0. The minimum absolute atomic E-state index is 0.188. The lowest BCUT2D eigenvalue weighted by Gasteiger charge is -2.35. The maximum absolute atomic E-state index is 12.3. The van der Waals surface area contributed by atoms with Crippen LogP contribution in [0.15, 0.2) is 60.9 Å². The summed E-state index contributed by atoms with van der Waals surface area (Å²) in [5, 5.41) is 8.90. The van der Waals surface area contributed by atoms with Crippen molar-refractivity contribution in [3.63, 3.8) is 0 Å². The van der Waals surface area contributed by atoms with Crippen LogP contribution < -0.4 is 10.2 Å². The average molecular weight is 518 g/mol. The minimum atomic E-state index is -3.14. The summed E-state index contributed by atoms with van der Waals surface area (Å²) in [6.07, 6.45) is 6.36. The molecule has 1 saturated heterocycles. The van der Waals surface area contributed by atoms with E-state index in [0.717, 1.165) is 35.2 Å². The molecule has 4 aromatic rings. The number of hydrogen-bond acceptors (Lipinski definition) is 7. The molecule has 1 fully saturated rings. The van der Waals surface area contributed by atoms with Gasteiger partial charge >= 0.3 is 0 Å². The minimum Gasteiger partial charge on any atom is -0.369 e. The fraction of sp³-hybridized carbons (Fsp3) is 0.370. The summed E-state index contributed by atoms with van der Waals surface area (Å²) in [6, 6.07) is 16.9. The maximum atomic E-state index is 12.3. The number of sulfonamides is 1. The molecule has 0 amide bonds. The van der Waals surface area contributed by atoms with Crippen LogP contribution in [-0.2, 0) is 16.4 Å². The number of nitrogens with one attached hydrogen (secondary N) is 1. The van der Waals surface area contributed by atoms with E-state index in [1.807, 2.05) is 36.1 Å². The lowest BCUT2D eigenvalue weighted by atomic mass is 10.1. The lowest BCUT2D eigenvalue weighted by molar-refractivity contribution is 0.384. The topological polar surface area (TPSA) is 96.3 Å². The Bertz CT molecular complexity index is 1510. The van der Waals surface area contributed by atoms with Gasteiger partial charge in [0.05, 0.1) is 23.4 Å². The second-order valence-electron chi connectivity index (χ2n) is 9.69. The Morgan fingerprint density at radius 1 is 1.00 bits per heavy atom. The molecule has 2 aromatic carbocycles. The van der Waals surface area contributed by atoms with Gasteiger partial charge in [-0.25, -0.2) is 18.1 Å². The highest BCUT2D eigenvalue weighted by Crippen LogP contribution is 2.35. The molecule has 1 aliphatic heterocycles. The van der Waals surface area contributed by atoms with E-state index in [4.69, 9.17) is 4.98 Å². The van der Waals surface area contributed by atoms with Gasteiger partial charge in [0.2, 0.25) is 16.0 Å². The summed E-state index contributed by atoms with van der Waals surface area (Å²) in [7, 11) is -3.14. The highest BCUT2D eigenvalue weighted by Gasteiger charge is 2.27. The van der Waals surface area contributed by atoms with Crippen molar-refractivity contribution in [2.75, 3.05) is 42.1 Å². The van der Waals surface area contributed by atoms with Crippen LogP contribution in [0.1, 0.15) is 36.9 Å². The molecule has 1 atom stereocenters. The number of aryl methyl sites for hydroxylation is 1. The fourth-order valence-electron chi connectivity index (χ4n) is 5.41. The quantitative estimate of drug-likeness (QED) is 0.396. The predicted octanol–water partition coefficient (Wildman–Crippen LogP) is 3.97. The molecule has 0 radical (unpaired) electrons. The van der Waals surface area contributed by atoms with Gasteiger partial charge < -0.3 is 10.2 Å². The summed E-state index contributed by atoms with van der Waals surface area (Å²) in [4.78, 5) is 11.5. The maximum Gasteiger partial charge on any atom is 0.229 e. The zero-order chi connectivity index (χ0) is 25.4. The number of aromatic nitrogens is 4. The Hall–Kier alpha value is -3.50. The Morgan fingerprint density at radius 2 is 1.78 bits per heavy atom. The van der Waals surface area contributed by atoms with Crippen LogP contribution in [0.5, 0.6) is 0 Å². The summed E-state index contributed by atoms with van der Waals surface area (Å²) in [5.41, 5.74) is 5.50. The van der Waals surface area contributed by atoms with Crippen LogP contribution in [0.4, 0.5) is 17.3 Å².